The van der Waals surface area contributed by atoms with Crippen molar-refractivity contribution in [1.29, 1.82) is 0 Å². The van der Waals surface area contributed by atoms with Crippen LogP contribution in [-0.4, -0.2) is 61.7 Å². The van der Waals surface area contributed by atoms with Gasteiger partial charge in [-0.1, -0.05) is 6.92 Å². The zero-order valence-electron chi connectivity index (χ0n) is 16.8. The number of halogens is 2. The Morgan fingerprint density at radius 2 is 2.03 bits per heavy atom. The molecular formula is C20H25F2N7O. The van der Waals surface area contributed by atoms with Gasteiger partial charge in [0.15, 0.2) is 0 Å². The van der Waals surface area contributed by atoms with Gasteiger partial charge in [-0.05, 0) is 25.3 Å². The average molecular weight is 417 g/mol. The Kier molecular flexibility index (Phi) is 4.59. The third-order valence-corrected chi connectivity index (χ3v) is 6.17. The largest absolute Gasteiger partial charge is 0.352 e. The monoisotopic (exact) mass is 417 g/mol. The van der Waals surface area contributed by atoms with Crippen molar-refractivity contribution >= 4 is 23.4 Å². The second-order valence-electron chi connectivity index (χ2n) is 8.41. The number of hydrogen-bond donors (Lipinski definition) is 1. The number of aromatic nitrogens is 4. The molecule has 2 bridgehead atoms. The van der Waals surface area contributed by atoms with Gasteiger partial charge in [-0.2, -0.15) is 10.1 Å². The normalized spacial score (nSPS) is 26.7. The highest BCUT2D eigenvalue weighted by atomic mass is 19.3. The van der Waals surface area contributed by atoms with E-state index in [4.69, 9.17) is 0 Å². The fraction of sp³-hybridized carbons (Fsp3) is 0.600. The maximum Gasteiger partial charge on any atom is 0.260 e. The first kappa shape index (κ1) is 19.2. The lowest BCUT2D eigenvalue weighted by Crippen LogP contribution is -2.56. The molecule has 2 aliphatic heterocycles. The number of carbonyl (C=O) groups excluding carboxylic acids is 1. The van der Waals surface area contributed by atoms with Crippen LogP contribution in [0, 0.1) is 5.92 Å². The van der Waals surface area contributed by atoms with E-state index in [0.717, 1.165) is 37.3 Å². The van der Waals surface area contributed by atoms with Crippen molar-refractivity contribution in [2.24, 2.45) is 5.92 Å². The van der Waals surface area contributed by atoms with Gasteiger partial charge in [0.2, 0.25) is 11.9 Å². The van der Waals surface area contributed by atoms with Crippen LogP contribution in [0.15, 0.2) is 24.7 Å². The van der Waals surface area contributed by atoms with Gasteiger partial charge < -0.3 is 15.1 Å². The Morgan fingerprint density at radius 1 is 1.30 bits per heavy atom. The number of carbonyl (C=O) groups is 1. The van der Waals surface area contributed by atoms with E-state index < -0.39 is 11.8 Å². The molecule has 0 aromatic carbocycles. The summed E-state index contributed by atoms with van der Waals surface area (Å²) in [5, 5.41) is 7.47. The van der Waals surface area contributed by atoms with Gasteiger partial charge >= 0.3 is 0 Å². The van der Waals surface area contributed by atoms with Gasteiger partial charge in [0.25, 0.3) is 5.92 Å². The molecule has 0 radical (unpaired) electrons. The van der Waals surface area contributed by atoms with Crippen molar-refractivity contribution in [3.8, 4) is 0 Å². The van der Waals surface area contributed by atoms with E-state index in [1.807, 2.05) is 16.9 Å². The van der Waals surface area contributed by atoms with E-state index in [2.05, 4.69) is 32.2 Å². The molecule has 3 aliphatic rings. The van der Waals surface area contributed by atoms with Crippen molar-refractivity contribution in [3.63, 3.8) is 0 Å². The Bertz CT molecular complexity index is 935. The van der Waals surface area contributed by atoms with Gasteiger partial charge in [-0.15, -0.1) is 0 Å². The van der Waals surface area contributed by atoms with Gasteiger partial charge in [0.1, 0.15) is 11.7 Å². The number of alkyl halides is 2. The van der Waals surface area contributed by atoms with Crippen LogP contribution >= 0.6 is 0 Å². The number of nitrogens with zero attached hydrogens (tertiary/aromatic N) is 6. The predicted molar refractivity (Wildman–Crippen MR) is 107 cm³/mol. The summed E-state index contributed by atoms with van der Waals surface area (Å²) in [4.78, 5) is 25.3. The molecule has 10 heteroatoms. The quantitative estimate of drug-likeness (QED) is 0.779. The third-order valence-electron chi connectivity index (χ3n) is 6.17. The van der Waals surface area contributed by atoms with Crippen molar-refractivity contribution < 1.29 is 13.6 Å². The number of aryl methyl sites for hydroxylation is 1. The molecule has 2 aromatic rings. The second kappa shape index (κ2) is 7.17. The third kappa shape index (κ3) is 3.48. The summed E-state index contributed by atoms with van der Waals surface area (Å²) in [7, 11) is 0. The maximum atomic E-state index is 13.4. The molecule has 5 rings (SSSR count). The highest BCUT2D eigenvalue weighted by Crippen LogP contribution is 2.51. The Morgan fingerprint density at radius 3 is 2.70 bits per heavy atom. The summed E-state index contributed by atoms with van der Waals surface area (Å²) < 4.78 is 28.7. The first-order chi connectivity index (χ1) is 14.4. The van der Waals surface area contributed by atoms with Crippen molar-refractivity contribution in [2.45, 2.75) is 57.2 Å². The lowest BCUT2D eigenvalue weighted by atomic mass is 10.1. The first-order valence-corrected chi connectivity index (χ1v) is 10.5. The lowest BCUT2D eigenvalue weighted by molar-refractivity contribution is -0.138. The lowest BCUT2D eigenvalue weighted by Gasteiger charge is -2.41. The van der Waals surface area contributed by atoms with E-state index in [9.17, 15) is 13.6 Å². The number of hydrogen-bond acceptors (Lipinski definition) is 6. The summed E-state index contributed by atoms with van der Waals surface area (Å²) in [5.41, 5.74) is 0.821. The molecule has 30 heavy (non-hydrogen) atoms. The zero-order chi connectivity index (χ0) is 20.9. The standard InChI is InChI=1S/C20H25F2N7O/c1-2-7-28-10-13(9-24-28)25-19-23-6-5-17(26-19)27-11-14-3-4-15(12-27)29(14)18(30)16-8-20(16,21)22/h5-6,9-10,14-16H,2-4,7-8,11-12H2,1H3,(H,23,25,26)/t14-,15+,16-/m0/s1. The van der Waals surface area contributed by atoms with Crippen LogP contribution in [0.1, 0.15) is 32.6 Å². The van der Waals surface area contributed by atoms with E-state index in [1.165, 1.54) is 0 Å². The number of fused-ring (bicyclic) bond motifs is 2. The number of rotatable bonds is 6. The highest BCUT2D eigenvalue weighted by Gasteiger charge is 2.64. The fourth-order valence-electron chi connectivity index (χ4n) is 4.61. The Hall–Kier alpha value is -2.78. The molecule has 1 saturated carbocycles. The molecule has 8 nitrogen and oxygen atoms in total. The number of amides is 1. The van der Waals surface area contributed by atoms with Gasteiger partial charge in [0, 0.05) is 50.5 Å². The van der Waals surface area contributed by atoms with E-state index >= 15 is 0 Å². The smallest absolute Gasteiger partial charge is 0.260 e. The van der Waals surface area contributed by atoms with Crippen molar-refractivity contribution in [1.82, 2.24) is 24.6 Å². The molecule has 0 spiro atoms. The number of nitrogens with one attached hydrogen (secondary N) is 1. The van der Waals surface area contributed by atoms with E-state index in [0.29, 0.717) is 19.0 Å². The first-order valence-electron chi connectivity index (χ1n) is 10.5. The highest BCUT2D eigenvalue weighted by molar-refractivity contribution is 5.84. The summed E-state index contributed by atoms with van der Waals surface area (Å²) >= 11 is 0. The molecule has 1 aliphatic carbocycles. The van der Waals surface area contributed by atoms with Gasteiger partial charge in [-0.25, -0.2) is 13.8 Å². The Balaban J connectivity index is 1.27. The van der Waals surface area contributed by atoms with Crippen LogP contribution in [0.4, 0.5) is 26.2 Å². The minimum absolute atomic E-state index is 0.0358. The van der Waals surface area contributed by atoms with E-state index in [-0.39, 0.29) is 24.4 Å². The van der Waals surface area contributed by atoms with Crippen LogP contribution in [0.5, 0.6) is 0 Å². The van der Waals surface area contributed by atoms with Gasteiger partial charge in [-0.3, -0.25) is 9.48 Å². The average Bonchev–Trinajstić information content (AvgIpc) is 3.01. The SMILES string of the molecule is CCCn1cc(Nc2nccc(N3C[C@H]4CC[C@@H](C3)N4C(=O)[C@@H]3CC3(F)F)n2)cn1. The molecule has 1 amide bonds. The van der Waals surface area contributed by atoms with Crippen LogP contribution < -0.4 is 10.2 Å². The second-order valence-corrected chi connectivity index (χ2v) is 8.41. The number of anilines is 3. The number of piperazine rings is 1. The summed E-state index contributed by atoms with van der Waals surface area (Å²) in [6.07, 6.45) is 7.74. The van der Waals surface area contributed by atoms with Crippen LogP contribution in [-0.2, 0) is 11.3 Å². The van der Waals surface area contributed by atoms with Crippen LogP contribution in [0.2, 0.25) is 0 Å². The molecule has 3 fully saturated rings. The molecule has 3 atom stereocenters. The summed E-state index contributed by atoms with van der Waals surface area (Å²) in [5.74, 6) is -3.05. The molecule has 2 saturated heterocycles. The molecule has 4 heterocycles. The topological polar surface area (TPSA) is 79.2 Å². The Labute approximate surface area is 173 Å². The minimum atomic E-state index is -2.81. The molecule has 160 valence electrons. The maximum absolute atomic E-state index is 13.4. The molecule has 1 N–H and O–H groups in total. The fourth-order valence-corrected chi connectivity index (χ4v) is 4.61. The minimum Gasteiger partial charge on any atom is -0.352 e. The predicted octanol–water partition coefficient (Wildman–Crippen LogP) is 2.66. The van der Waals surface area contributed by atoms with E-state index in [1.54, 1.807) is 17.3 Å². The van der Waals surface area contributed by atoms with Crippen LogP contribution in [0.3, 0.4) is 0 Å². The summed E-state index contributed by atoms with van der Waals surface area (Å²) in [6, 6.07) is 1.77. The zero-order valence-corrected chi connectivity index (χ0v) is 16.8. The molecule has 0 unspecified atom stereocenters. The van der Waals surface area contributed by atoms with Crippen molar-refractivity contribution in [3.05, 3.63) is 24.7 Å². The van der Waals surface area contributed by atoms with Crippen molar-refractivity contribution in [2.75, 3.05) is 23.3 Å². The van der Waals surface area contributed by atoms with Gasteiger partial charge in [0.05, 0.1) is 11.9 Å². The molecular weight excluding hydrogens is 392 g/mol. The molecule has 2 aromatic heterocycles. The summed E-state index contributed by atoms with van der Waals surface area (Å²) in [6.45, 7) is 4.15. The van der Waals surface area contributed by atoms with Crippen LogP contribution in [0.25, 0.3) is 0 Å².